The van der Waals surface area contributed by atoms with Gasteiger partial charge in [-0.15, -0.1) is 13.2 Å². The second kappa shape index (κ2) is 13.8. The van der Waals surface area contributed by atoms with Gasteiger partial charge in [0, 0.05) is 37.4 Å². The standard InChI is InChI=1S/C33H40F3N7O3/c1-19-17-20(2)28(41-32(45)39-23-13-15-24(16-14-23)46-33(34,35)36)26(18-19)30(44)37-21-9-11-22(12-10-21)38-31-40-27-8-6-5-7-25(27)29(42-31)43(3)4/h13-18,21-22H,5-12H2,1-4H3,(H,37,44)(H,38,40,42)(H2,39,41,45)/t21-,22+. The molecule has 0 bridgehead atoms. The molecule has 0 aliphatic heterocycles. The summed E-state index contributed by atoms with van der Waals surface area (Å²) in [6.45, 7) is 3.67. The van der Waals surface area contributed by atoms with Gasteiger partial charge in [-0.1, -0.05) is 6.07 Å². The SMILES string of the molecule is Cc1cc(C)c(NC(=O)Nc2ccc(OC(F)(F)F)cc2)c(C(=O)N[C@H]2CC[C@@H](Nc3nc4c(c(N(C)C)n3)CCCC4)CC2)c1. The van der Waals surface area contributed by atoms with E-state index in [0.717, 1.165) is 80.6 Å². The van der Waals surface area contributed by atoms with E-state index in [1.165, 1.54) is 17.7 Å². The maximum absolute atomic E-state index is 13.5. The zero-order valence-electron chi connectivity index (χ0n) is 26.5. The van der Waals surface area contributed by atoms with E-state index in [0.29, 0.717) is 22.8 Å². The van der Waals surface area contributed by atoms with Crippen LogP contribution in [0, 0.1) is 13.8 Å². The van der Waals surface area contributed by atoms with Crippen LogP contribution in [0.2, 0.25) is 0 Å². The van der Waals surface area contributed by atoms with E-state index in [4.69, 9.17) is 9.97 Å². The summed E-state index contributed by atoms with van der Waals surface area (Å²) in [5, 5.41) is 12.0. The van der Waals surface area contributed by atoms with Crippen molar-refractivity contribution in [2.75, 3.05) is 34.9 Å². The minimum Gasteiger partial charge on any atom is -0.406 e. The van der Waals surface area contributed by atoms with Crippen LogP contribution >= 0.6 is 0 Å². The third-order valence-electron chi connectivity index (χ3n) is 8.29. The molecule has 2 aromatic carbocycles. The first kappa shape index (κ1) is 32.8. The van der Waals surface area contributed by atoms with Gasteiger partial charge in [0.2, 0.25) is 5.95 Å². The van der Waals surface area contributed by atoms with Crippen molar-refractivity contribution in [3.63, 3.8) is 0 Å². The van der Waals surface area contributed by atoms with E-state index in [2.05, 4.69) is 30.9 Å². The van der Waals surface area contributed by atoms with Crippen molar-refractivity contribution in [2.24, 2.45) is 0 Å². The lowest BCUT2D eigenvalue weighted by atomic mass is 9.90. The van der Waals surface area contributed by atoms with Crippen LogP contribution < -0.4 is 30.9 Å². The smallest absolute Gasteiger partial charge is 0.406 e. The molecule has 1 saturated carbocycles. The Bertz CT molecular complexity index is 1570. The van der Waals surface area contributed by atoms with Crippen LogP contribution in [0.1, 0.15) is 71.3 Å². The number of aromatic nitrogens is 2. The van der Waals surface area contributed by atoms with Gasteiger partial charge < -0.3 is 30.9 Å². The van der Waals surface area contributed by atoms with Crippen molar-refractivity contribution < 1.29 is 27.5 Å². The number of hydrogen-bond donors (Lipinski definition) is 4. The number of carbonyl (C=O) groups is 2. The van der Waals surface area contributed by atoms with Gasteiger partial charge in [-0.2, -0.15) is 4.98 Å². The molecule has 0 radical (unpaired) electrons. The molecule has 1 aromatic heterocycles. The Morgan fingerprint density at radius 1 is 0.913 bits per heavy atom. The van der Waals surface area contributed by atoms with E-state index >= 15 is 0 Å². The Hall–Kier alpha value is -4.55. The van der Waals surface area contributed by atoms with Crippen LogP contribution in [-0.4, -0.2) is 54.4 Å². The Kier molecular flexibility index (Phi) is 9.88. The van der Waals surface area contributed by atoms with Gasteiger partial charge in [0.1, 0.15) is 11.6 Å². The Labute approximate surface area is 266 Å². The van der Waals surface area contributed by atoms with Gasteiger partial charge in [-0.05, 0) is 107 Å². The number of nitrogens with one attached hydrogen (secondary N) is 4. The number of anilines is 4. The molecule has 10 nitrogen and oxygen atoms in total. The molecule has 1 fully saturated rings. The van der Waals surface area contributed by atoms with Crippen LogP contribution in [0.15, 0.2) is 36.4 Å². The first-order valence-corrected chi connectivity index (χ1v) is 15.5. The van der Waals surface area contributed by atoms with Crippen molar-refractivity contribution in [3.8, 4) is 5.75 Å². The van der Waals surface area contributed by atoms with E-state index in [1.807, 2.05) is 27.1 Å². The highest BCUT2D eigenvalue weighted by atomic mass is 19.4. The van der Waals surface area contributed by atoms with Gasteiger partial charge >= 0.3 is 12.4 Å². The van der Waals surface area contributed by atoms with Crippen molar-refractivity contribution in [2.45, 2.75) is 83.7 Å². The number of aryl methyl sites for hydroxylation is 3. The number of amides is 3. The van der Waals surface area contributed by atoms with Crippen molar-refractivity contribution in [1.29, 1.82) is 0 Å². The number of rotatable bonds is 8. The first-order valence-electron chi connectivity index (χ1n) is 15.5. The molecule has 0 atom stereocenters. The summed E-state index contributed by atoms with van der Waals surface area (Å²) in [5.74, 6) is 0.947. The minimum absolute atomic E-state index is 0.0349. The van der Waals surface area contributed by atoms with Gasteiger partial charge in [-0.3, -0.25) is 4.79 Å². The summed E-state index contributed by atoms with van der Waals surface area (Å²) in [6.07, 6.45) is 2.70. The summed E-state index contributed by atoms with van der Waals surface area (Å²) < 4.78 is 41.2. The summed E-state index contributed by atoms with van der Waals surface area (Å²) in [5.41, 5.74) is 4.89. The fourth-order valence-electron chi connectivity index (χ4n) is 6.16. The number of carbonyl (C=O) groups excluding carboxylic acids is 2. The maximum Gasteiger partial charge on any atom is 0.573 e. The molecule has 0 unspecified atom stereocenters. The number of nitrogens with zero attached hydrogens (tertiary/aromatic N) is 3. The maximum atomic E-state index is 13.5. The summed E-state index contributed by atoms with van der Waals surface area (Å²) >= 11 is 0. The normalized spacial score (nSPS) is 17.8. The largest absolute Gasteiger partial charge is 0.573 e. The molecular formula is C33H40F3N7O3. The number of fused-ring (bicyclic) bond motifs is 1. The molecular weight excluding hydrogens is 599 g/mol. The molecule has 246 valence electrons. The molecule has 3 amide bonds. The number of ether oxygens (including phenoxy) is 1. The highest BCUT2D eigenvalue weighted by Crippen LogP contribution is 2.30. The number of benzene rings is 2. The molecule has 1 heterocycles. The molecule has 0 spiro atoms. The second-order valence-electron chi connectivity index (χ2n) is 12.2. The van der Waals surface area contributed by atoms with Gasteiger partial charge in [0.05, 0.1) is 16.9 Å². The van der Waals surface area contributed by atoms with Crippen LogP contribution in [0.4, 0.5) is 41.1 Å². The Balaban J connectivity index is 1.18. The first-order chi connectivity index (χ1) is 21.8. The molecule has 13 heteroatoms. The molecule has 4 N–H and O–H groups in total. The zero-order valence-corrected chi connectivity index (χ0v) is 26.5. The lowest BCUT2D eigenvalue weighted by Crippen LogP contribution is -2.40. The number of hydrogen-bond acceptors (Lipinski definition) is 7. The highest BCUT2D eigenvalue weighted by molar-refractivity contribution is 6.07. The second-order valence-corrected chi connectivity index (χ2v) is 12.2. The summed E-state index contributed by atoms with van der Waals surface area (Å²) in [7, 11) is 4.02. The minimum atomic E-state index is -4.81. The fourth-order valence-corrected chi connectivity index (χ4v) is 6.16. The number of halogens is 3. The highest BCUT2D eigenvalue weighted by Gasteiger charge is 2.31. The van der Waals surface area contributed by atoms with E-state index < -0.39 is 18.1 Å². The average molecular weight is 640 g/mol. The van der Waals surface area contributed by atoms with Crippen molar-refractivity contribution in [1.82, 2.24) is 15.3 Å². The van der Waals surface area contributed by atoms with Crippen LogP contribution in [0.3, 0.4) is 0 Å². The molecule has 2 aliphatic carbocycles. The zero-order chi connectivity index (χ0) is 33.0. The summed E-state index contributed by atoms with van der Waals surface area (Å²) in [6, 6.07) is 7.89. The van der Waals surface area contributed by atoms with Crippen LogP contribution in [0.5, 0.6) is 5.75 Å². The molecule has 2 aliphatic rings. The summed E-state index contributed by atoms with van der Waals surface area (Å²) in [4.78, 5) is 38.1. The van der Waals surface area contributed by atoms with E-state index in [1.54, 1.807) is 13.0 Å². The van der Waals surface area contributed by atoms with E-state index in [-0.39, 0.29) is 23.7 Å². The van der Waals surface area contributed by atoms with Gasteiger partial charge in [0.15, 0.2) is 0 Å². The van der Waals surface area contributed by atoms with Gasteiger partial charge in [-0.25, -0.2) is 9.78 Å². The average Bonchev–Trinajstić information content (AvgIpc) is 2.99. The topological polar surface area (TPSA) is 121 Å². The van der Waals surface area contributed by atoms with Crippen molar-refractivity contribution >= 4 is 35.1 Å². The Morgan fingerprint density at radius 2 is 1.59 bits per heavy atom. The lowest BCUT2D eigenvalue weighted by molar-refractivity contribution is -0.274. The Morgan fingerprint density at radius 3 is 2.26 bits per heavy atom. The molecule has 46 heavy (non-hydrogen) atoms. The van der Waals surface area contributed by atoms with E-state index in [9.17, 15) is 22.8 Å². The predicted molar refractivity (Wildman–Crippen MR) is 172 cm³/mol. The third kappa shape index (κ3) is 8.38. The van der Waals surface area contributed by atoms with Crippen LogP contribution in [-0.2, 0) is 12.8 Å². The number of alkyl halides is 3. The van der Waals surface area contributed by atoms with Gasteiger partial charge in [0.25, 0.3) is 5.91 Å². The quantitative estimate of drug-likeness (QED) is 0.216. The molecule has 3 aromatic rings. The lowest BCUT2D eigenvalue weighted by Gasteiger charge is -2.31. The third-order valence-corrected chi connectivity index (χ3v) is 8.29. The van der Waals surface area contributed by atoms with Crippen LogP contribution in [0.25, 0.3) is 0 Å². The fraction of sp³-hybridized carbons (Fsp3) is 0.455. The monoisotopic (exact) mass is 639 g/mol. The molecule has 5 rings (SSSR count). The number of urea groups is 1. The predicted octanol–water partition coefficient (Wildman–Crippen LogP) is 6.73. The van der Waals surface area contributed by atoms with Crippen molar-refractivity contribution in [3.05, 3.63) is 64.3 Å². The molecule has 0 saturated heterocycles.